The maximum absolute atomic E-state index is 13.4. The van der Waals surface area contributed by atoms with Gasteiger partial charge < -0.3 is 10.2 Å². The average Bonchev–Trinajstić information content (AvgIpc) is 3.12. The Bertz CT molecular complexity index is 1160. The molecule has 4 aromatic rings. The fourth-order valence-electron chi connectivity index (χ4n) is 4.15. The Morgan fingerprint density at radius 1 is 0.933 bits per heavy atom. The molecular weight excluding hydrogens is 395 g/mol. The highest BCUT2D eigenvalue weighted by molar-refractivity contribution is 7.19. The van der Waals surface area contributed by atoms with Crippen molar-refractivity contribution in [2.24, 2.45) is 0 Å². The van der Waals surface area contributed by atoms with Gasteiger partial charge in [0.1, 0.15) is 22.8 Å². The molecule has 6 heteroatoms. The Kier molecular flexibility index (Phi) is 5.09. The quantitative estimate of drug-likeness (QED) is 0.408. The Labute approximate surface area is 179 Å². The van der Waals surface area contributed by atoms with Crippen molar-refractivity contribution in [1.29, 1.82) is 0 Å². The van der Waals surface area contributed by atoms with Crippen molar-refractivity contribution in [3.63, 3.8) is 0 Å². The number of fused-ring (bicyclic) bond motifs is 1. The van der Waals surface area contributed by atoms with Gasteiger partial charge in [-0.25, -0.2) is 14.4 Å². The van der Waals surface area contributed by atoms with Crippen molar-refractivity contribution in [1.82, 2.24) is 9.97 Å². The first-order valence-corrected chi connectivity index (χ1v) is 11.1. The highest BCUT2D eigenvalue weighted by atomic mass is 32.1. The summed E-state index contributed by atoms with van der Waals surface area (Å²) in [6, 6.07) is 15.2. The minimum atomic E-state index is -0.237. The van der Waals surface area contributed by atoms with Gasteiger partial charge in [0.2, 0.25) is 0 Å². The zero-order chi connectivity index (χ0) is 20.5. The number of hydrogen-bond acceptors (Lipinski definition) is 5. The van der Waals surface area contributed by atoms with Crippen molar-refractivity contribution in [3.05, 3.63) is 65.6 Å². The molecule has 1 N–H and O–H groups in total. The van der Waals surface area contributed by atoms with Crippen LogP contribution in [-0.4, -0.2) is 23.1 Å². The Morgan fingerprint density at radius 3 is 2.40 bits per heavy atom. The summed E-state index contributed by atoms with van der Waals surface area (Å²) in [5.41, 5.74) is 4.29. The number of piperidine rings is 1. The van der Waals surface area contributed by atoms with E-state index in [0.717, 1.165) is 50.8 Å². The van der Waals surface area contributed by atoms with Crippen LogP contribution < -0.4 is 10.2 Å². The number of benzene rings is 2. The maximum Gasteiger partial charge on any atom is 0.143 e. The van der Waals surface area contributed by atoms with Gasteiger partial charge in [-0.3, -0.25) is 0 Å². The number of rotatable bonds is 4. The van der Waals surface area contributed by atoms with Gasteiger partial charge in [-0.1, -0.05) is 12.1 Å². The smallest absolute Gasteiger partial charge is 0.143 e. The number of hydrogen-bond donors (Lipinski definition) is 1. The number of halogens is 1. The standard InChI is InChI=1S/C24H23FN4S/c1-16-21(17-5-7-18(25)8-6-17)22-23(26-15-27-24(22)30-16)28-19-9-11-20(12-10-19)29-13-3-2-4-14-29/h5-12,15H,2-4,13-14H2,1H3,(H,26,27,28). The number of aromatic nitrogens is 2. The van der Waals surface area contributed by atoms with E-state index in [1.165, 1.54) is 37.1 Å². The first kappa shape index (κ1) is 19.0. The lowest BCUT2D eigenvalue weighted by Crippen LogP contribution is -2.29. The van der Waals surface area contributed by atoms with Crippen LogP contribution in [0.15, 0.2) is 54.9 Å². The van der Waals surface area contributed by atoms with Crippen LogP contribution in [0.5, 0.6) is 0 Å². The molecule has 1 fully saturated rings. The van der Waals surface area contributed by atoms with Crippen LogP contribution in [0.4, 0.5) is 21.6 Å². The molecule has 0 saturated carbocycles. The highest BCUT2D eigenvalue weighted by Crippen LogP contribution is 2.41. The van der Waals surface area contributed by atoms with Crippen LogP contribution in [0.1, 0.15) is 24.1 Å². The molecule has 0 unspecified atom stereocenters. The molecule has 1 saturated heterocycles. The second kappa shape index (κ2) is 8.03. The van der Waals surface area contributed by atoms with E-state index in [9.17, 15) is 4.39 Å². The zero-order valence-electron chi connectivity index (χ0n) is 16.9. The van der Waals surface area contributed by atoms with Crippen molar-refractivity contribution in [3.8, 4) is 11.1 Å². The third-order valence-electron chi connectivity index (χ3n) is 5.65. The number of nitrogens with zero attached hydrogens (tertiary/aromatic N) is 3. The summed E-state index contributed by atoms with van der Waals surface area (Å²) in [5, 5.41) is 4.45. The maximum atomic E-state index is 13.4. The summed E-state index contributed by atoms with van der Waals surface area (Å²) in [6.07, 6.45) is 5.46. The van der Waals surface area contributed by atoms with Gasteiger partial charge in [0, 0.05) is 34.9 Å². The van der Waals surface area contributed by atoms with Crippen molar-refractivity contribution in [2.45, 2.75) is 26.2 Å². The van der Waals surface area contributed by atoms with E-state index in [1.54, 1.807) is 17.7 Å². The molecule has 0 aliphatic carbocycles. The lowest BCUT2D eigenvalue weighted by atomic mass is 10.0. The highest BCUT2D eigenvalue weighted by Gasteiger charge is 2.17. The second-order valence-corrected chi connectivity index (χ2v) is 8.87. The summed E-state index contributed by atoms with van der Waals surface area (Å²) in [5.74, 6) is 0.536. The Balaban J connectivity index is 1.49. The van der Waals surface area contributed by atoms with Gasteiger partial charge in [0.05, 0.1) is 5.39 Å². The van der Waals surface area contributed by atoms with Gasteiger partial charge in [0.25, 0.3) is 0 Å². The molecular formula is C24H23FN4S. The minimum Gasteiger partial charge on any atom is -0.372 e. The largest absolute Gasteiger partial charge is 0.372 e. The predicted molar refractivity (Wildman–Crippen MR) is 123 cm³/mol. The van der Waals surface area contributed by atoms with Crippen LogP contribution in [0.25, 0.3) is 21.3 Å². The molecule has 4 nitrogen and oxygen atoms in total. The predicted octanol–water partition coefficient (Wildman–Crippen LogP) is 6.54. The molecule has 30 heavy (non-hydrogen) atoms. The van der Waals surface area contributed by atoms with Gasteiger partial charge in [-0.05, 0) is 68.1 Å². The summed E-state index contributed by atoms with van der Waals surface area (Å²) < 4.78 is 13.4. The number of thiophene rings is 1. The van der Waals surface area contributed by atoms with Gasteiger partial charge >= 0.3 is 0 Å². The molecule has 152 valence electrons. The molecule has 0 amide bonds. The van der Waals surface area contributed by atoms with E-state index in [-0.39, 0.29) is 5.82 Å². The van der Waals surface area contributed by atoms with Crippen LogP contribution in [0.2, 0.25) is 0 Å². The van der Waals surface area contributed by atoms with E-state index in [2.05, 4.69) is 51.4 Å². The third-order valence-corrected chi connectivity index (χ3v) is 6.66. The van der Waals surface area contributed by atoms with Crippen molar-refractivity contribution in [2.75, 3.05) is 23.3 Å². The third kappa shape index (κ3) is 3.63. The van der Waals surface area contributed by atoms with Crippen molar-refractivity contribution >= 4 is 38.7 Å². The molecule has 2 aromatic carbocycles. The first-order valence-electron chi connectivity index (χ1n) is 10.3. The Morgan fingerprint density at radius 2 is 1.67 bits per heavy atom. The molecule has 3 heterocycles. The zero-order valence-corrected chi connectivity index (χ0v) is 17.7. The molecule has 1 aliphatic heterocycles. The molecule has 0 radical (unpaired) electrons. The van der Waals surface area contributed by atoms with E-state index in [1.807, 2.05) is 12.1 Å². The number of aryl methyl sites for hydroxylation is 1. The lowest BCUT2D eigenvalue weighted by molar-refractivity contribution is 0.578. The van der Waals surface area contributed by atoms with Crippen LogP contribution in [0, 0.1) is 12.7 Å². The van der Waals surface area contributed by atoms with E-state index in [4.69, 9.17) is 0 Å². The number of anilines is 3. The SMILES string of the molecule is Cc1sc2ncnc(Nc3ccc(N4CCCCC4)cc3)c2c1-c1ccc(F)cc1. The topological polar surface area (TPSA) is 41.1 Å². The molecule has 0 atom stereocenters. The van der Waals surface area contributed by atoms with E-state index < -0.39 is 0 Å². The molecule has 0 bridgehead atoms. The van der Waals surface area contributed by atoms with Gasteiger partial charge in [0.15, 0.2) is 0 Å². The summed E-state index contributed by atoms with van der Waals surface area (Å²) in [6.45, 7) is 4.34. The summed E-state index contributed by atoms with van der Waals surface area (Å²) in [4.78, 5) is 13.5. The summed E-state index contributed by atoms with van der Waals surface area (Å²) >= 11 is 1.63. The fourth-order valence-corrected chi connectivity index (χ4v) is 5.16. The minimum absolute atomic E-state index is 0.237. The van der Waals surface area contributed by atoms with Crippen LogP contribution in [0.3, 0.4) is 0 Å². The summed E-state index contributed by atoms with van der Waals surface area (Å²) in [7, 11) is 0. The normalized spacial score (nSPS) is 14.3. The van der Waals surface area contributed by atoms with Gasteiger partial charge in [-0.15, -0.1) is 11.3 Å². The lowest BCUT2D eigenvalue weighted by Gasteiger charge is -2.28. The second-order valence-electron chi connectivity index (χ2n) is 7.66. The van der Waals surface area contributed by atoms with E-state index >= 15 is 0 Å². The average molecular weight is 419 g/mol. The van der Waals surface area contributed by atoms with Crippen LogP contribution in [-0.2, 0) is 0 Å². The monoisotopic (exact) mass is 418 g/mol. The van der Waals surface area contributed by atoms with Crippen LogP contribution >= 0.6 is 11.3 Å². The number of nitrogens with one attached hydrogen (secondary N) is 1. The molecule has 2 aromatic heterocycles. The first-order chi connectivity index (χ1) is 14.7. The van der Waals surface area contributed by atoms with Crippen molar-refractivity contribution < 1.29 is 4.39 Å². The van der Waals surface area contributed by atoms with Gasteiger partial charge in [-0.2, -0.15) is 0 Å². The molecule has 0 spiro atoms. The fraction of sp³-hybridized carbons (Fsp3) is 0.250. The van der Waals surface area contributed by atoms with E-state index in [0.29, 0.717) is 0 Å². The molecule has 5 rings (SSSR count). The Hall–Kier alpha value is -2.99. The molecule has 1 aliphatic rings.